The van der Waals surface area contributed by atoms with Crippen LogP contribution in [-0.4, -0.2) is 49.4 Å². The molecule has 27 heavy (non-hydrogen) atoms. The fourth-order valence-electron chi connectivity index (χ4n) is 4.45. The molecule has 2 aliphatic rings. The van der Waals surface area contributed by atoms with E-state index in [9.17, 15) is 14.4 Å². The summed E-state index contributed by atoms with van der Waals surface area (Å²) in [7, 11) is 0. The van der Waals surface area contributed by atoms with Crippen molar-refractivity contribution < 1.29 is 9.59 Å². The topological polar surface area (TPSA) is 104 Å². The second kappa shape index (κ2) is 6.83. The van der Waals surface area contributed by atoms with Crippen LogP contribution in [0.2, 0.25) is 0 Å². The maximum atomic E-state index is 13.1. The second-order valence-corrected chi connectivity index (χ2v) is 7.45. The molecule has 4 rings (SSSR count). The first-order valence-electron chi connectivity index (χ1n) is 9.70. The molecule has 0 bridgehead atoms. The molecular formula is C19H25N5O3. The summed E-state index contributed by atoms with van der Waals surface area (Å²) >= 11 is 0. The monoisotopic (exact) mass is 371 g/mol. The van der Waals surface area contributed by atoms with E-state index in [1.807, 2.05) is 18.7 Å². The van der Waals surface area contributed by atoms with Crippen LogP contribution in [0.3, 0.4) is 0 Å². The zero-order valence-corrected chi connectivity index (χ0v) is 15.8. The third-order valence-corrected chi connectivity index (χ3v) is 5.84. The third-order valence-electron chi connectivity index (χ3n) is 5.84. The van der Waals surface area contributed by atoms with Crippen molar-refractivity contribution in [2.75, 3.05) is 13.1 Å². The maximum absolute atomic E-state index is 13.1. The number of nitrogens with one attached hydrogen (secondary N) is 2. The van der Waals surface area contributed by atoms with Gasteiger partial charge in [0.15, 0.2) is 5.78 Å². The fraction of sp³-hybridized carbons (Fsp3) is 0.579. The van der Waals surface area contributed by atoms with Gasteiger partial charge in [-0.1, -0.05) is 0 Å². The molecule has 144 valence electrons. The van der Waals surface area contributed by atoms with E-state index in [-0.39, 0.29) is 23.3 Å². The standard InChI is InChI=1S/C19H25N5O3/c1-3-24-17(21-22-19(24)27)12-7-9-23(10-8-12)18(26)15-11(2)20-13-5-4-6-14(25)16(13)15/h12,20H,3-10H2,1-2H3,(H,22,27). The average molecular weight is 371 g/mol. The first kappa shape index (κ1) is 17.8. The van der Waals surface area contributed by atoms with E-state index < -0.39 is 0 Å². The number of aryl methyl sites for hydroxylation is 2. The van der Waals surface area contributed by atoms with Crippen molar-refractivity contribution >= 4 is 11.7 Å². The number of amides is 1. The van der Waals surface area contributed by atoms with Crippen LogP contribution in [0.4, 0.5) is 0 Å². The number of Topliss-reactive ketones (excluding diaryl/α,β-unsaturated/α-hetero) is 1. The first-order valence-corrected chi connectivity index (χ1v) is 9.70. The number of likely N-dealkylation sites (tertiary alicyclic amines) is 1. The van der Waals surface area contributed by atoms with E-state index in [0.717, 1.165) is 42.9 Å². The number of fused-ring (bicyclic) bond motifs is 1. The van der Waals surface area contributed by atoms with Gasteiger partial charge in [-0.05, 0) is 39.5 Å². The number of hydrogen-bond donors (Lipinski definition) is 2. The van der Waals surface area contributed by atoms with E-state index in [1.54, 1.807) is 4.57 Å². The summed E-state index contributed by atoms with van der Waals surface area (Å²) < 4.78 is 1.66. The van der Waals surface area contributed by atoms with Crippen LogP contribution in [0.25, 0.3) is 0 Å². The highest BCUT2D eigenvalue weighted by Crippen LogP contribution is 2.31. The van der Waals surface area contributed by atoms with Crippen molar-refractivity contribution in [1.29, 1.82) is 0 Å². The van der Waals surface area contributed by atoms with Crippen LogP contribution in [-0.2, 0) is 13.0 Å². The molecule has 8 heteroatoms. The SMILES string of the molecule is CCn1c(C2CCN(C(=O)c3c(C)[nH]c4c3C(=O)CCC4)CC2)n[nH]c1=O. The summed E-state index contributed by atoms with van der Waals surface area (Å²) in [6, 6.07) is 0. The van der Waals surface area contributed by atoms with Gasteiger partial charge in [-0.25, -0.2) is 9.89 Å². The minimum absolute atomic E-state index is 0.0615. The lowest BCUT2D eigenvalue weighted by molar-refractivity contribution is 0.0704. The number of hydrogen-bond acceptors (Lipinski definition) is 4. The van der Waals surface area contributed by atoms with Crippen LogP contribution >= 0.6 is 0 Å². The van der Waals surface area contributed by atoms with Crippen LogP contribution < -0.4 is 5.69 Å². The minimum Gasteiger partial charge on any atom is -0.361 e. The van der Waals surface area contributed by atoms with Gasteiger partial charge in [-0.15, -0.1) is 0 Å². The molecule has 0 aromatic carbocycles. The van der Waals surface area contributed by atoms with Crippen LogP contribution in [0.5, 0.6) is 0 Å². The van der Waals surface area contributed by atoms with E-state index >= 15 is 0 Å². The van der Waals surface area contributed by atoms with Crippen molar-refractivity contribution in [2.24, 2.45) is 0 Å². The molecule has 0 saturated carbocycles. The fourth-order valence-corrected chi connectivity index (χ4v) is 4.45. The normalized spacial score (nSPS) is 18.0. The van der Waals surface area contributed by atoms with Gasteiger partial charge in [0.2, 0.25) is 0 Å². The van der Waals surface area contributed by atoms with E-state index in [2.05, 4.69) is 15.2 Å². The summed E-state index contributed by atoms with van der Waals surface area (Å²) in [5.41, 5.74) is 2.68. The van der Waals surface area contributed by atoms with E-state index in [1.165, 1.54) is 0 Å². The van der Waals surface area contributed by atoms with Gasteiger partial charge in [-0.3, -0.25) is 14.2 Å². The lowest BCUT2D eigenvalue weighted by Gasteiger charge is -2.32. The number of carbonyl (C=O) groups is 2. The number of piperidine rings is 1. The molecule has 1 amide bonds. The Hall–Kier alpha value is -2.64. The lowest BCUT2D eigenvalue weighted by Crippen LogP contribution is -2.39. The predicted molar refractivity (Wildman–Crippen MR) is 99.2 cm³/mol. The minimum atomic E-state index is -0.181. The van der Waals surface area contributed by atoms with Gasteiger partial charge < -0.3 is 9.88 Å². The van der Waals surface area contributed by atoms with E-state index in [0.29, 0.717) is 37.2 Å². The number of ketones is 1. The second-order valence-electron chi connectivity index (χ2n) is 7.45. The van der Waals surface area contributed by atoms with E-state index in [4.69, 9.17) is 0 Å². The Bertz CT molecular complexity index is 943. The van der Waals surface area contributed by atoms with Gasteiger partial charge in [0.1, 0.15) is 5.82 Å². The van der Waals surface area contributed by atoms with Crippen molar-refractivity contribution in [3.63, 3.8) is 0 Å². The Kier molecular flexibility index (Phi) is 4.49. The first-order chi connectivity index (χ1) is 13.0. The van der Waals surface area contributed by atoms with Gasteiger partial charge >= 0.3 is 5.69 Å². The summed E-state index contributed by atoms with van der Waals surface area (Å²) in [6.45, 7) is 5.58. The maximum Gasteiger partial charge on any atom is 0.343 e. The summed E-state index contributed by atoms with van der Waals surface area (Å²) in [5.74, 6) is 0.951. The Morgan fingerprint density at radius 2 is 1.96 bits per heavy atom. The zero-order chi connectivity index (χ0) is 19.1. The third kappa shape index (κ3) is 2.93. The molecule has 1 fully saturated rings. The molecule has 0 atom stereocenters. The number of aromatic nitrogens is 4. The number of H-pyrrole nitrogens is 2. The lowest BCUT2D eigenvalue weighted by atomic mass is 9.91. The molecule has 8 nitrogen and oxygen atoms in total. The van der Waals surface area contributed by atoms with Gasteiger partial charge in [0.25, 0.3) is 5.91 Å². The molecule has 1 aliphatic heterocycles. The molecule has 0 radical (unpaired) electrons. The molecule has 0 unspecified atom stereocenters. The Morgan fingerprint density at radius 1 is 1.22 bits per heavy atom. The van der Waals surface area contributed by atoms with Gasteiger partial charge in [0, 0.05) is 43.4 Å². The molecular weight excluding hydrogens is 346 g/mol. The number of rotatable bonds is 3. The summed E-state index contributed by atoms with van der Waals surface area (Å²) in [4.78, 5) is 42.4. The molecule has 0 spiro atoms. The largest absolute Gasteiger partial charge is 0.361 e. The highest BCUT2D eigenvalue weighted by molar-refractivity contribution is 6.10. The van der Waals surface area contributed by atoms with Gasteiger partial charge in [-0.2, -0.15) is 5.10 Å². The highest BCUT2D eigenvalue weighted by Gasteiger charge is 2.33. The molecule has 1 aliphatic carbocycles. The number of carbonyl (C=O) groups excluding carboxylic acids is 2. The number of aromatic amines is 2. The highest BCUT2D eigenvalue weighted by atomic mass is 16.2. The molecule has 2 N–H and O–H groups in total. The summed E-state index contributed by atoms with van der Waals surface area (Å²) in [6.07, 6.45) is 3.70. The predicted octanol–water partition coefficient (Wildman–Crippen LogP) is 1.77. The van der Waals surface area contributed by atoms with Crippen LogP contribution in [0.15, 0.2) is 4.79 Å². The smallest absolute Gasteiger partial charge is 0.343 e. The van der Waals surface area contributed by atoms with Crippen LogP contribution in [0.1, 0.15) is 76.5 Å². The van der Waals surface area contributed by atoms with Crippen molar-refractivity contribution in [3.05, 3.63) is 38.8 Å². The van der Waals surface area contributed by atoms with Crippen molar-refractivity contribution in [1.82, 2.24) is 24.6 Å². The molecule has 2 aromatic heterocycles. The van der Waals surface area contributed by atoms with Crippen molar-refractivity contribution in [2.45, 2.75) is 58.4 Å². The van der Waals surface area contributed by atoms with Gasteiger partial charge in [0.05, 0.1) is 11.1 Å². The number of nitrogens with zero attached hydrogens (tertiary/aromatic N) is 3. The Labute approximate surface area is 157 Å². The zero-order valence-electron chi connectivity index (χ0n) is 15.8. The summed E-state index contributed by atoms with van der Waals surface area (Å²) in [5, 5.41) is 6.71. The van der Waals surface area contributed by atoms with Crippen molar-refractivity contribution in [3.8, 4) is 0 Å². The Balaban J connectivity index is 1.52. The Morgan fingerprint density at radius 3 is 2.67 bits per heavy atom. The molecule has 3 heterocycles. The molecule has 2 aromatic rings. The quantitative estimate of drug-likeness (QED) is 0.858. The van der Waals surface area contributed by atoms with Crippen LogP contribution in [0, 0.1) is 6.92 Å². The molecule has 1 saturated heterocycles. The average Bonchev–Trinajstić information content (AvgIpc) is 3.21.